The summed E-state index contributed by atoms with van der Waals surface area (Å²) in [6, 6.07) is 15.6. The number of hydrogen-bond acceptors (Lipinski definition) is 7. The van der Waals surface area contributed by atoms with Gasteiger partial charge in [-0.3, -0.25) is 9.36 Å². The van der Waals surface area contributed by atoms with Crippen molar-refractivity contribution in [1.82, 2.24) is 10.6 Å². The van der Waals surface area contributed by atoms with Crippen LogP contribution in [0.4, 0.5) is 0 Å². The third-order valence-corrected chi connectivity index (χ3v) is 11.7. The van der Waals surface area contributed by atoms with Crippen molar-refractivity contribution in [3.63, 3.8) is 0 Å². The third kappa shape index (κ3) is 6.07. The molecule has 2 aromatic rings. The summed E-state index contributed by atoms with van der Waals surface area (Å²) in [6.45, 7) is 12.4. The molecular weight excluding hydrogens is 569 g/mol. The Morgan fingerprint density at radius 2 is 1.76 bits per heavy atom. The highest BCUT2D eigenvalue weighted by atomic mass is 32.1. The van der Waals surface area contributed by atoms with Crippen LogP contribution in [0.3, 0.4) is 0 Å². The molecule has 2 aliphatic carbocycles. The van der Waals surface area contributed by atoms with E-state index < -0.39 is 18.8 Å². The van der Waals surface area contributed by atoms with E-state index in [2.05, 4.69) is 54.8 Å². The third-order valence-electron chi connectivity index (χ3n) is 9.15. The minimum absolute atomic E-state index is 0.0517. The van der Waals surface area contributed by atoms with Gasteiger partial charge >= 0.3 is 7.60 Å². The molecule has 228 valence electrons. The van der Waals surface area contributed by atoms with E-state index in [1.807, 2.05) is 37.3 Å². The lowest BCUT2D eigenvalue weighted by atomic mass is 9.49. The number of oxime groups is 1. The number of rotatable bonds is 9. The molecule has 1 fully saturated rings. The number of hydrogen-bond donors (Lipinski definition) is 3. The maximum absolute atomic E-state index is 14.1. The molecule has 10 heteroatoms. The molecule has 0 spiro atoms. The number of benzene rings is 2. The minimum Gasteiger partial charge on any atom is -0.411 e. The molecule has 4 rings (SSSR count). The first-order valence-corrected chi connectivity index (χ1v) is 16.9. The molecule has 0 bridgehead atoms. The molecule has 8 nitrogen and oxygen atoms in total. The summed E-state index contributed by atoms with van der Waals surface area (Å²) in [4.78, 5) is 14.1. The normalized spacial score (nSPS) is 25.4. The lowest BCUT2D eigenvalue weighted by Gasteiger charge is -2.54. The number of carbonyl (C=O) groups is 1. The molecule has 2 aromatic carbocycles. The topological polar surface area (TPSA) is 109 Å². The van der Waals surface area contributed by atoms with Crippen LogP contribution >= 0.6 is 19.8 Å². The van der Waals surface area contributed by atoms with Crippen LogP contribution in [0.5, 0.6) is 0 Å². The number of nitrogens with one attached hydrogen (secondary N) is 2. The largest absolute Gasteiger partial charge is 0.411 e. The van der Waals surface area contributed by atoms with E-state index in [0.29, 0.717) is 30.0 Å². The van der Waals surface area contributed by atoms with Crippen molar-refractivity contribution >= 4 is 36.5 Å². The van der Waals surface area contributed by atoms with Crippen molar-refractivity contribution in [2.24, 2.45) is 16.5 Å². The first-order chi connectivity index (χ1) is 19.9. The molecule has 0 saturated heterocycles. The molecule has 4 atom stereocenters. The monoisotopic (exact) mass is 613 g/mol. The zero-order valence-corrected chi connectivity index (χ0v) is 27.2. The molecule has 0 aliphatic heterocycles. The fourth-order valence-corrected chi connectivity index (χ4v) is 9.12. The van der Waals surface area contributed by atoms with Crippen molar-refractivity contribution in [3.05, 3.63) is 70.8 Å². The SMILES string of the molecule is CCOP(=O)(OCC)C(NC(=S)NC(=O)[C@]1(C)CCC[C@]2(C)c3ccc(C(C)C)cc3/C(=N\O)C[C@@H]12)c1ccccc1. The Kier molecular flexibility index (Phi) is 9.98. The molecule has 0 aromatic heterocycles. The smallest absolute Gasteiger partial charge is 0.357 e. The Bertz CT molecular complexity index is 1370. The highest BCUT2D eigenvalue weighted by Gasteiger charge is 2.56. The second-order valence-corrected chi connectivity index (χ2v) is 14.6. The van der Waals surface area contributed by atoms with E-state index in [1.54, 1.807) is 13.8 Å². The van der Waals surface area contributed by atoms with Crippen molar-refractivity contribution in [1.29, 1.82) is 0 Å². The average Bonchev–Trinajstić information content (AvgIpc) is 2.96. The van der Waals surface area contributed by atoms with E-state index >= 15 is 0 Å². The Morgan fingerprint density at radius 3 is 2.36 bits per heavy atom. The first kappa shape index (κ1) is 32.3. The van der Waals surface area contributed by atoms with Gasteiger partial charge in [0.25, 0.3) is 0 Å². The number of fused-ring (bicyclic) bond motifs is 3. The molecule has 42 heavy (non-hydrogen) atoms. The van der Waals surface area contributed by atoms with Crippen molar-refractivity contribution in [2.45, 2.75) is 84.3 Å². The van der Waals surface area contributed by atoms with Crippen LogP contribution in [-0.4, -0.2) is 35.2 Å². The van der Waals surface area contributed by atoms with Crippen LogP contribution in [0.1, 0.15) is 101 Å². The summed E-state index contributed by atoms with van der Waals surface area (Å²) in [5.74, 6) is -0.893. The second kappa shape index (κ2) is 13.0. The van der Waals surface area contributed by atoms with Crippen LogP contribution in [0.25, 0.3) is 0 Å². The summed E-state index contributed by atoms with van der Waals surface area (Å²) in [7, 11) is -3.69. The first-order valence-electron chi connectivity index (χ1n) is 14.8. The van der Waals surface area contributed by atoms with Crippen molar-refractivity contribution in [3.8, 4) is 0 Å². The van der Waals surface area contributed by atoms with Gasteiger partial charge in [-0.05, 0) is 85.3 Å². The Labute approximate surface area is 255 Å². The molecule has 0 heterocycles. The van der Waals surface area contributed by atoms with Crippen molar-refractivity contribution in [2.75, 3.05) is 13.2 Å². The number of amides is 1. The Hall–Kier alpha value is -2.58. The van der Waals surface area contributed by atoms with Gasteiger partial charge in [0, 0.05) is 5.56 Å². The minimum atomic E-state index is -3.69. The van der Waals surface area contributed by atoms with Crippen LogP contribution in [-0.2, 0) is 23.8 Å². The quantitative estimate of drug-likeness (QED) is 0.117. The predicted molar refractivity (Wildman–Crippen MR) is 170 cm³/mol. The van der Waals surface area contributed by atoms with Gasteiger partial charge in [0.2, 0.25) is 5.91 Å². The lowest BCUT2D eigenvalue weighted by Crippen LogP contribution is -2.58. The van der Waals surface area contributed by atoms with Gasteiger partial charge in [0.05, 0.1) is 24.3 Å². The highest BCUT2D eigenvalue weighted by Crippen LogP contribution is 2.60. The summed E-state index contributed by atoms with van der Waals surface area (Å²) in [5.41, 5.74) is 3.47. The predicted octanol–water partition coefficient (Wildman–Crippen LogP) is 7.41. The maximum atomic E-state index is 14.1. The molecule has 3 N–H and O–H groups in total. The number of thiocarbonyl (C=S) groups is 1. The maximum Gasteiger partial charge on any atom is 0.357 e. The molecular formula is C32H44N3O5PS. The standard InChI is InChI=1S/C32H44N3O5PS/c1-7-39-41(38,40-8-2)28(22-13-10-9-11-14-22)33-30(42)34-29(36)32(6)18-12-17-31(5)25-16-15-23(21(3)4)19-24(25)26(35-37)20-27(31)32/h9-11,13-16,19,21,27-28,37H,7-8,12,17-18,20H2,1-6H3,(H2,33,34,36,42)/b35-26-/t27-,28?,31-,32-/m1/s1. The average molecular weight is 614 g/mol. The van der Waals surface area contributed by atoms with E-state index in [4.69, 9.17) is 21.3 Å². The molecule has 1 saturated carbocycles. The van der Waals surface area contributed by atoms with Crippen LogP contribution in [0.15, 0.2) is 53.7 Å². The van der Waals surface area contributed by atoms with E-state index in [1.165, 1.54) is 5.56 Å². The molecule has 1 amide bonds. The van der Waals surface area contributed by atoms with E-state index in [0.717, 1.165) is 24.0 Å². The van der Waals surface area contributed by atoms with Gasteiger partial charge < -0.3 is 24.9 Å². The summed E-state index contributed by atoms with van der Waals surface area (Å²) < 4.78 is 25.2. The fraction of sp³-hybridized carbons (Fsp3) is 0.531. The van der Waals surface area contributed by atoms with Crippen LogP contribution < -0.4 is 10.6 Å². The van der Waals surface area contributed by atoms with Gasteiger partial charge in [-0.15, -0.1) is 0 Å². The molecule has 1 unspecified atom stereocenters. The highest BCUT2D eigenvalue weighted by molar-refractivity contribution is 7.80. The van der Waals surface area contributed by atoms with Crippen LogP contribution in [0, 0.1) is 11.3 Å². The van der Waals surface area contributed by atoms with Gasteiger partial charge in [-0.2, -0.15) is 0 Å². The van der Waals surface area contributed by atoms with E-state index in [-0.39, 0.29) is 35.6 Å². The second-order valence-electron chi connectivity index (χ2n) is 12.1. The van der Waals surface area contributed by atoms with Crippen molar-refractivity contribution < 1.29 is 23.6 Å². The summed E-state index contributed by atoms with van der Waals surface area (Å²) >= 11 is 5.65. The number of nitrogens with zero attached hydrogens (tertiary/aromatic N) is 1. The van der Waals surface area contributed by atoms with Gasteiger partial charge in [0.1, 0.15) is 0 Å². The Balaban J connectivity index is 1.63. The summed E-state index contributed by atoms with van der Waals surface area (Å²) in [5, 5.41) is 19.9. The zero-order chi connectivity index (χ0) is 30.7. The zero-order valence-electron chi connectivity index (χ0n) is 25.5. The van der Waals surface area contributed by atoms with Gasteiger partial charge in [-0.1, -0.05) is 81.7 Å². The number of carbonyl (C=O) groups excluding carboxylic acids is 1. The lowest BCUT2D eigenvalue weighted by molar-refractivity contribution is -0.136. The van der Waals surface area contributed by atoms with Gasteiger partial charge in [0.15, 0.2) is 10.9 Å². The summed E-state index contributed by atoms with van der Waals surface area (Å²) in [6.07, 6.45) is 2.93. The Morgan fingerprint density at radius 1 is 1.10 bits per heavy atom. The van der Waals surface area contributed by atoms with E-state index in [9.17, 15) is 14.6 Å². The fourth-order valence-electron chi connectivity index (χ4n) is 6.91. The van der Waals surface area contributed by atoms with Crippen LogP contribution in [0.2, 0.25) is 0 Å². The molecule has 0 radical (unpaired) electrons. The molecule has 2 aliphatic rings. The van der Waals surface area contributed by atoms with Gasteiger partial charge in [-0.25, -0.2) is 0 Å².